The number of carbonyl (C=O) groups is 3. The lowest BCUT2D eigenvalue weighted by Gasteiger charge is -2.35. The van der Waals surface area contributed by atoms with E-state index in [0.29, 0.717) is 102 Å². The van der Waals surface area contributed by atoms with Crippen LogP contribution in [0.5, 0.6) is 0 Å². The Kier molecular flexibility index (Phi) is 20.6. The minimum atomic E-state index is -4.63. The minimum absolute atomic E-state index is 0.0420. The van der Waals surface area contributed by atoms with Gasteiger partial charge in [0.15, 0.2) is 5.65 Å². The van der Waals surface area contributed by atoms with E-state index in [4.69, 9.17) is 26.1 Å². The Morgan fingerprint density at radius 3 is 2.33 bits per heavy atom. The van der Waals surface area contributed by atoms with Crippen molar-refractivity contribution in [2.45, 2.75) is 65.8 Å². The fourth-order valence-corrected chi connectivity index (χ4v) is 10.5. The first-order valence-electron chi connectivity index (χ1n) is 28.4. The molecule has 9 rings (SSSR count). The normalized spacial score (nSPS) is 13.4. The van der Waals surface area contributed by atoms with Crippen molar-refractivity contribution in [3.05, 3.63) is 205 Å². The molecule has 3 aromatic heterocycles. The van der Waals surface area contributed by atoms with Gasteiger partial charge in [-0.25, -0.2) is 14.5 Å². The summed E-state index contributed by atoms with van der Waals surface area (Å²) in [6, 6.07) is 31.9. The highest BCUT2D eigenvalue weighted by Crippen LogP contribution is 2.34. The summed E-state index contributed by atoms with van der Waals surface area (Å²) >= 11 is 6.42. The molecule has 4 heterocycles. The van der Waals surface area contributed by atoms with E-state index in [0.717, 1.165) is 28.8 Å². The molecule has 85 heavy (non-hydrogen) atoms. The van der Waals surface area contributed by atoms with Gasteiger partial charge >= 0.3 is 6.18 Å². The van der Waals surface area contributed by atoms with E-state index in [9.17, 15) is 32.3 Å². The van der Waals surface area contributed by atoms with E-state index < -0.39 is 23.7 Å². The average Bonchev–Trinajstić information content (AvgIpc) is 1.74. The molecule has 3 amide bonds. The first-order valence-corrected chi connectivity index (χ1v) is 28.8. The fraction of sp³-hybridized carbons (Fsp3) is 0.338. The Labute approximate surface area is 496 Å². The van der Waals surface area contributed by atoms with Crippen LogP contribution in [0, 0.1) is 24.7 Å². The van der Waals surface area contributed by atoms with Crippen LogP contribution in [0.1, 0.15) is 98.7 Å². The highest BCUT2D eigenvalue weighted by molar-refractivity contribution is 6.31. The number of nitrogens with one attached hydrogen (secondary N) is 2. The average molecular weight is 1180 g/mol. The number of carbonyl (C=O) groups excluding carboxylic acids is 3. The maximum atomic E-state index is 14.6. The van der Waals surface area contributed by atoms with Gasteiger partial charge in [0.2, 0.25) is 5.91 Å². The summed E-state index contributed by atoms with van der Waals surface area (Å²) in [5, 5.41) is 10.7. The first kappa shape index (κ1) is 61.3. The number of anilines is 1. The van der Waals surface area contributed by atoms with Crippen molar-refractivity contribution in [3.8, 4) is 11.8 Å². The number of piperazine rings is 1. The third-order valence-electron chi connectivity index (χ3n) is 14.8. The summed E-state index contributed by atoms with van der Waals surface area (Å²) in [6.07, 6.45) is 1.46. The quantitative estimate of drug-likeness (QED) is 0.0462. The molecule has 0 radical (unpaired) electrons. The fourth-order valence-electron chi connectivity index (χ4n) is 10.3. The number of nitrogens with zero attached hydrogens (tertiary/aromatic N) is 8. The van der Waals surface area contributed by atoms with Gasteiger partial charge in [0, 0.05) is 98.2 Å². The molecule has 442 valence electrons. The molecule has 0 saturated carbocycles. The van der Waals surface area contributed by atoms with Gasteiger partial charge in [0.1, 0.15) is 12.4 Å². The number of benzene rings is 5. The van der Waals surface area contributed by atoms with Crippen molar-refractivity contribution >= 4 is 51.6 Å². The van der Waals surface area contributed by atoms with Crippen molar-refractivity contribution in [1.82, 2.24) is 44.2 Å². The molecule has 1 saturated heterocycles. The Balaban J connectivity index is 0.720. The zero-order valence-electron chi connectivity index (χ0n) is 48.0. The molecule has 1 aliphatic heterocycles. The van der Waals surface area contributed by atoms with Crippen LogP contribution in [0.3, 0.4) is 0 Å². The molecule has 0 aliphatic carbocycles. The minimum Gasteiger partial charge on any atom is -0.378 e. The van der Waals surface area contributed by atoms with E-state index in [2.05, 4.69) is 42.4 Å². The molecule has 0 spiro atoms. The van der Waals surface area contributed by atoms with Crippen LogP contribution in [0.2, 0.25) is 5.02 Å². The molecule has 1 atom stereocenters. The third kappa shape index (κ3) is 16.3. The molecule has 0 unspecified atom stereocenters. The van der Waals surface area contributed by atoms with E-state index >= 15 is 0 Å². The Morgan fingerprint density at radius 2 is 1.58 bits per heavy atom. The van der Waals surface area contributed by atoms with E-state index in [1.54, 1.807) is 93.2 Å². The second-order valence-electron chi connectivity index (χ2n) is 21.4. The van der Waals surface area contributed by atoms with Gasteiger partial charge in [-0.05, 0) is 103 Å². The second kappa shape index (κ2) is 28.6. The number of hydrogen-bond donors (Lipinski definition) is 2. The van der Waals surface area contributed by atoms with Crippen LogP contribution in [-0.2, 0) is 40.0 Å². The van der Waals surface area contributed by atoms with Crippen LogP contribution in [0.4, 0.5) is 18.9 Å². The molecule has 8 aromatic rings. The van der Waals surface area contributed by atoms with Crippen molar-refractivity contribution in [2.75, 3.05) is 77.6 Å². The summed E-state index contributed by atoms with van der Waals surface area (Å²) in [5.41, 5.74) is 5.30. The maximum absolute atomic E-state index is 14.6. The summed E-state index contributed by atoms with van der Waals surface area (Å²) in [7, 11) is 0. The summed E-state index contributed by atoms with van der Waals surface area (Å²) in [4.78, 5) is 70.9. The lowest BCUT2D eigenvalue weighted by Crippen LogP contribution is -2.46. The summed E-state index contributed by atoms with van der Waals surface area (Å²) < 4.78 is 57.4. The molecule has 0 bridgehead atoms. The highest BCUT2D eigenvalue weighted by atomic mass is 35.5. The number of aromatic nitrogens is 5. The van der Waals surface area contributed by atoms with Gasteiger partial charge in [0.25, 0.3) is 17.4 Å². The van der Waals surface area contributed by atoms with Gasteiger partial charge in [0.05, 0.1) is 60.6 Å². The number of rotatable bonds is 23. The zero-order valence-corrected chi connectivity index (χ0v) is 48.8. The van der Waals surface area contributed by atoms with Gasteiger partial charge in [-0.2, -0.15) is 18.3 Å². The maximum Gasteiger partial charge on any atom is 0.416 e. The molecular weight excluding hydrogens is 1110 g/mol. The second-order valence-corrected chi connectivity index (χ2v) is 21.8. The number of hydrogen-bond acceptors (Lipinski definition) is 11. The Morgan fingerprint density at radius 1 is 0.824 bits per heavy atom. The molecule has 5 aromatic carbocycles. The smallest absolute Gasteiger partial charge is 0.378 e. The van der Waals surface area contributed by atoms with Gasteiger partial charge in [-0.15, -0.1) is 0 Å². The predicted octanol–water partition coefficient (Wildman–Crippen LogP) is 9.88. The topological polar surface area (TPSA) is 169 Å². The van der Waals surface area contributed by atoms with Crippen LogP contribution in [0.25, 0.3) is 16.6 Å². The lowest BCUT2D eigenvalue weighted by atomic mass is 9.98. The lowest BCUT2D eigenvalue weighted by molar-refractivity contribution is -0.137. The number of fused-ring (bicyclic) bond motifs is 2. The summed E-state index contributed by atoms with van der Waals surface area (Å²) in [5.74, 6) is 5.35. The van der Waals surface area contributed by atoms with E-state index in [1.165, 1.54) is 0 Å². The van der Waals surface area contributed by atoms with Gasteiger partial charge in [-0.1, -0.05) is 98.3 Å². The van der Waals surface area contributed by atoms with Crippen LogP contribution in [-0.4, -0.2) is 129 Å². The van der Waals surface area contributed by atoms with Crippen molar-refractivity contribution in [1.29, 1.82) is 0 Å². The highest BCUT2D eigenvalue weighted by Gasteiger charge is 2.34. The third-order valence-corrected chi connectivity index (χ3v) is 15.0. The number of alkyl halides is 3. The number of halogens is 4. The van der Waals surface area contributed by atoms with Crippen molar-refractivity contribution in [3.63, 3.8) is 0 Å². The first-order chi connectivity index (χ1) is 41.0. The van der Waals surface area contributed by atoms with Crippen molar-refractivity contribution < 1.29 is 37.0 Å². The molecule has 16 nitrogen and oxygen atoms in total. The van der Waals surface area contributed by atoms with Crippen LogP contribution >= 0.6 is 11.6 Å². The largest absolute Gasteiger partial charge is 0.416 e. The van der Waals surface area contributed by atoms with Crippen LogP contribution in [0.15, 0.2) is 139 Å². The van der Waals surface area contributed by atoms with E-state index in [1.807, 2.05) is 70.2 Å². The zero-order chi connectivity index (χ0) is 60.0. The molecular formula is C65H68ClF3N10O6. The predicted molar refractivity (Wildman–Crippen MR) is 322 cm³/mol. The number of aryl methyl sites for hydroxylation is 2. The SMILES string of the molecule is CCc1ccc(C(=O)Nc2cc(CN3CCN(CCOCCOCC(=O)NCCCN(C(=O)c4ccc(C)cc4)[C@@H](c4nc5cc(Cl)ccc5c(=O)n4Cc4ccccc4)C(C)C)CC3)cc(C(F)(F)F)c2)cc1C#Cc1cnc2ccnn2c1. The number of ether oxygens (including phenoxy) is 2. The Hall–Kier alpha value is -8.25. The summed E-state index contributed by atoms with van der Waals surface area (Å²) in [6.45, 7) is 12.8. The monoisotopic (exact) mass is 1180 g/mol. The Bertz CT molecular complexity index is 3760. The number of amides is 3. The molecule has 20 heteroatoms. The standard InChI is InChI=1S/C65H68ClF3N10O6/c1-5-49-18-19-52(36-51(49)17-14-47-39-71-58-22-24-72-79(58)42-47)62(81)73-55-35-48(34-53(37-55)65(67,68)69)40-76-28-26-75(27-29-76)30-31-84-32-33-85-43-59(80)70-23-9-25-77(63(82)50-15-12-45(4)13-16-50)60(44(2)3)61-74-57-38-54(66)20-21-56(57)64(83)78(61)41-46-10-7-6-8-11-46/h6-8,10-13,15-16,18-22,24,34-39,42,44,60H,5,9,23,25-33,40-41,43H2,1-4H3,(H,70,80)(H,73,81)/t60-/m1/s1. The molecule has 2 N–H and O–H groups in total. The van der Waals surface area contributed by atoms with E-state index in [-0.39, 0.29) is 80.5 Å². The van der Waals surface area contributed by atoms with Crippen LogP contribution < -0.4 is 16.2 Å². The molecule has 1 aliphatic rings. The van der Waals surface area contributed by atoms with Gasteiger partial charge < -0.3 is 25.0 Å². The molecule has 1 fully saturated rings. The van der Waals surface area contributed by atoms with Crippen molar-refractivity contribution in [2.24, 2.45) is 5.92 Å². The van der Waals surface area contributed by atoms with Gasteiger partial charge in [-0.3, -0.25) is 33.5 Å².